The largest absolute Gasteiger partial charge is 0.486 e. The smallest absolute Gasteiger partial charge is 0.147 e. The maximum atomic E-state index is 6.07. The van der Waals surface area contributed by atoms with E-state index in [1.54, 1.807) is 0 Å². The number of nitrogens with zero attached hydrogens (tertiary/aromatic N) is 2. The summed E-state index contributed by atoms with van der Waals surface area (Å²) < 4.78 is 8.42. The summed E-state index contributed by atoms with van der Waals surface area (Å²) in [5.74, 6) is 2.46. The molecule has 3 aromatic rings. The zero-order valence-electron chi connectivity index (χ0n) is 17.7. The van der Waals surface area contributed by atoms with E-state index in [-0.39, 0.29) is 0 Å². The van der Waals surface area contributed by atoms with Crippen LogP contribution in [0, 0.1) is 0 Å². The molecule has 0 unspecified atom stereocenters. The van der Waals surface area contributed by atoms with Gasteiger partial charge in [-0.1, -0.05) is 77.1 Å². The molecule has 3 heteroatoms. The number of aryl methyl sites for hydroxylation is 1. The van der Waals surface area contributed by atoms with E-state index in [1.807, 2.05) is 0 Å². The Morgan fingerprint density at radius 2 is 1.61 bits per heavy atom. The van der Waals surface area contributed by atoms with E-state index in [2.05, 4.69) is 73.9 Å². The van der Waals surface area contributed by atoms with Crippen LogP contribution in [0.4, 0.5) is 0 Å². The molecule has 1 heterocycles. The minimum Gasteiger partial charge on any atom is -0.486 e. The number of benzene rings is 2. The van der Waals surface area contributed by atoms with Gasteiger partial charge >= 0.3 is 0 Å². The lowest BCUT2D eigenvalue weighted by Crippen LogP contribution is -2.07. The van der Waals surface area contributed by atoms with Crippen molar-refractivity contribution in [1.29, 1.82) is 0 Å². The summed E-state index contributed by atoms with van der Waals surface area (Å²) in [4.78, 5) is 4.84. The third kappa shape index (κ3) is 5.37. The summed E-state index contributed by atoms with van der Waals surface area (Å²) >= 11 is 0. The molecule has 1 aromatic heterocycles. The third-order valence-electron chi connectivity index (χ3n) is 5.38. The van der Waals surface area contributed by atoms with Gasteiger partial charge < -0.3 is 9.30 Å². The van der Waals surface area contributed by atoms with Gasteiger partial charge in [0.15, 0.2) is 0 Å². The topological polar surface area (TPSA) is 27.1 Å². The first-order valence-corrected chi connectivity index (χ1v) is 10.9. The molecule has 0 N–H and O–H groups in total. The van der Waals surface area contributed by atoms with Crippen LogP contribution in [-0.4, -0.2) is 9.55 Å². The molecular formula is C25H34N2O. The molecule has 0 saturated heterocycles. The fourth-order valence-corrected chi connectivity index (χ4v) is 3.63. The summed E-state index contributed by atoms with van der Waals surface area (Å²) in [6.07, 6.45) is 7.80. The highest BCUT2D eigenvalue weighted by atomic mass is 16.5. The van der Waals surface area contributed by atoms with Gasteiger partial charge in [-0.25, -0.2) is 4.98 Å². The van der Waals surface area contributed by atoms with Crippen molar-refractivity contribution in [3.63, 3.8) is 0 Å². The van der Waals surface area contributed by atoms with Crippen molar-refractivity contribution < 1.29 is 4.74 Å². The Labute approximate surface area is 169 Å². The van der Waals surface area contributed by atoms with Crippen LogP contribution in [0.3, 0.4) is 0 Å². The molecule has 0 amide bonds. The lowest BCUT2D eigenvalue weighted by atomic mass is 10.0. The lowest BCUT2D eigenvalue weighted by Gasteiger charge is -2.11. The highest BCUT2D eigenvalue weighted by molar-refractivity contribution is 5.75. The number of para-hydroxylation sites is 2. The molecular weight excluding hydrogens is 344 g/mol. The van der Waals surface area contributed by atoms with Gasteiger partial charge in [0, 0.05) is 6.54 Å². The van der Waals surface area contributed by atoms with E-state index < -0.39 is 0 Å². The number of ether oxygens (including phenoxy) is 1. The Morgan fingerprint density at radius 3 is 2.36 bits per heavy atom. The highest BCUT2D eigenvalue weighted by Crippen LogP contribution is 2.22. The molecule has 0 aliphatic rings. The van der Waals surface area contributed by atoms with Gasteiger partial charge in [-0.15, -0.1) is 0 Å². The van der Waals surface area contributed by atoms with Crippen molar-refractivity contribution in [1.82, 2.24) is 9.55 Å². The molecule has 3 nitrogen and oxygen atoms in total. The van der Waals surface area contributed by atoms with E-state index in [0.29, 0.717) is 12.5 Å². The molecule has 0 spiro atoms. The first kappa shape index (κ1) is 20.4. The first-order chi connectivity index (χ1) is 13.7. The number of hydrogen-bond acceptors (Lipinski definition) is 2. The van der Waals surface area contributed by atoms with Crippen LogP contribution >= 0.6 is 0 Å². The second-order valence-electron chi connectivity index (χ2n) is 7.95. The normalized spacial score (nSPS) is 11.4. The van der Waals surface area contributed by atoms with Crippen LogP contribution < -0.4 is 4.74 Å². The molecule has 2 aromatic carbocycles. The zero-order chi connectivity index (χ0) is 19.8. The van der Waals surface area contributed by atoms with Gasteiger partial charge in [0.05, 0.1) is 11.0 Å². The predicted octanol–water partition coefficient (Wildman–Crippen LogP) is 7.10. The standard InChI is InChI=1S/C25H34N2O/c1-4-5-6-7-8-11-18-27-24-13-10-9-12-23(24)26-25(27)19-28-22-16-14-21(15-17-22)20(2)3/h9-10,12-17,20H,4-8,11,18-19H2,1-3H3. The van der Waals surface area contributed by atoms with Crippen LogP contribution in [0.1, 0.15) is 76.6 Å². The maximum Gasteiger partial charge on any atom is 0.147 e. The Bertz CT molecular complexity index is 849. The zero-order valence-corrected chi connectivity index (χ0v) is 17.7. The van der Waals surface area contributed by atoms with Gasteiger partial charge in [-0.3, -0.25) is 0 Å². The average molecular weight is 379 g/mol. The van der Waals surface area contributed by atoms with E-state index in [1.165, 1.54) is 49.6 Å². The molecule has 0 aliphatic heterocycles. The molecule has 0 bridgehead atoms. The number of imidazole rings is 1. The quantitative estimate of drug-likeness (QED) is 0.333. The Morgan fingerprint density at radius 1 is 0.893 bits per heavy atom. The molecule has 0 fully saturated rings. The van der Waals surface area contributed by atoms with Crippen molar-refractivity contribution in [3.05, 3.63) is 59.9 Å². The van der Waals surface area contributed by atoms with Crippen LogP contribution in [0.5, 0.6) is 5.75 Å². The second-order valence-corrected chi connectivity index (χ2v) is 7.95. The van der Waals surface area contributed by atoms with Crippen LogP contribution in [-0.2, 0) is 13.2 Å². The van der Waals surface area contributed by atoms with Gasteiger partial charge in [-0.2, -0.15) is 0 Å². The molecule has 3 rings (SSSR count). The van der Waals surface area contributed by atoms with Crippen molar-refractivity contribution in [3.8, 4) is 5.75 Å². The SMILES string of the molecule is CCCCCCCCn1c(COc2ccc(C(C)C)cc2)nc2ccccc21. The van der Waals surface area contributed by atoms with Crippen LogP contribution in [0.25, 0.3) is 11.0 Å². The Kier molecular flexibility index (Phi) is 7.53. The molecule has 28 heavy (non-hydrogen) atoms. The summed E-state index contributed by atoms with van der Waals surface area (Å²) in [7, 11) is 0. The molecule has 0 saturated carbocycles. The number of hydrogen-bond donors (Lipinski definition) is 0. The molecule has 0 radical (unpaired) electrons. The van der Waals surface area contributed by atoms with Crippen molar-refractivity contribution in [2.75, 3.05) is 0 Å². The van der Waals surface area contributed by atoms with Crippen LogP contribution in [0.15, 0.2) is 48.5 Å². The van der Waals surface area contributed by atoms with E-state index in [9.17, 15) is 0 Å². The summed E-state index contributed by atoms with van der Waals surface area (Å²) in [6.45, 7) is 8.20. The van der Waals surface area contributed by atoms with Crippen molar-refractivity contribution >= 4 is 11.0 Å². The third-order valence-corrected chi connectivity index (χ3v) is 5.38. The van der Waals surface area contributed by atoms with E-state index in [0.717, 1.165) is 23.6 Å². The Hall–Kier alpha value is -2.29. The number of aromatic nitrogens is 2. The lowest BCUT2D eigenvalue weighted by molar-refractivity contribution is 0.289. The summed E-state index contributed by atoms with van der Waals surface area (Å²) in [5.41, 5.74) is 3.61. The average Bonchev–Trinajstić information content (AvgIpc) is 3.07. The van der Waals surface area contributed by atoms with E-state index >= 15 is 0 Å². The number of rotatable bonds is 11. The first-order valence-electron chi connectivity index (χ1n) is 10.9. The number of unbranched alkanes of at least 4 members (excludes halogenated alkanes) is 5. The van der Waals surface area contributed by atoms with E-state index in [4.69, 9.17) is 9.72 Å². The second kappa shape index (κ2) is 10.3. The maximum absolute atomic E-state index is 6.07. The molecule has 0 atom stereocenters. The van der Waals surface area contributed by atoms with Gasteiger partial charge in [-0.05, 0) is 42.2 Å². The monoisotopic (exact) mass is 378 g/mol. The fourth-order valence-electron chi connectivity index (χ4n) is 3.63. The minimum atomic E-state index is 0.505. The summed E-state index contributed by atoms with van der Waals surface area (Å²) in [5, 5.41) is 0. The highest BCUT2D eigenvalue weighted by Gasteiger charge is 2.11. The van der Waals surface area contributed by atoms with Crippen LogP contribution in [0.2, 0.25) is 0 Å². The van der Waals surface area contributed by atoms with Gasteiger partial charge in [0.25, 0.3) is 0 Å². The van der Waals surface area contributed by atoms with Crippen molar-refractivity contribution in [2.45, 2.75) is 78.4 Å². The number of fused-ring (bicyclic) bond motifs is 1. The minimum absolute atomic E-state index is 0.505. The predicted molar refractivity (Wildman–Crippen MR) is 118 cm³/mol. The fraction of sp³-hybridized carbons (Fsp3) is 0.480. The van der Waals surface area contributed by atoms with Gasteiger partial charge in [0.2, 0.25) is 0 Å². The molecule has 150 valence electrons. The Balaban J connectivity index is 1.65. The summed E-state index contributed by atoms with van der Waals surface area (Å²) in [6, 6.07) is 16.8. The molecule has 0 aliphatic carbocycles. The van der Waals surface area contributed by atoms with Crippen molar-refractivity contribution in [2.24, 2.45) is 0 Å². The van der Waals surface area contributed by atoms with Gasteiger partial charge in [0.1, 0.15) is 18.2 Å².